The second-order valence-corrected chi connectivity index (χ2v) is 6.95. The van der Waals surface area contributed by atoms with Crippen LogP contribution < -0.4 is 0 Å². The Morgan fingerprint density at radius 1 is 1.08 bits per heavy atom. The molecule has 0 aliphatic carbocycles. The molecule has 2 aromatic carbocycles. The predicted molar refractivity (Wildman–Crippen MR) is 98.5 cm³/mol. The van der Waals surface area contributed by atoms with Gasteiger partial charge < -0.3 is 10.1 Å². The SMILES string of the molecule is O=C(O)c1[nH]c2ccc(Br)cc2c1CCN1C(=O)c2ccccc2C1=O. The number of benzene rings is 2. The zero-order chi connectivity index (χ0) is 18.4. The average Bonchev–Trinajstić information content (AvgIpc) is 3.10. The van der Waals surface area contributed by atoms with Crippen molar-refractivity contribution in [2.24, 2.45) is 0 Å². The first-order chi connectivity index (χ1) is 12.5. The van der Waals surface area contributed by atoms with Gasteiger partial charge in [-0.05, 0) is 42.3 Å². The first kappa shape index (κ1) is 16.5. The third-order valence-electron chi connectivity index (χ3n) is 4.55. The van der Waals surface area contributed by atoms with Gasteiger partial charge in [-0.25, -0.2) is 4.79 Å². The number of rotatable bonds is 4. The molecule has 1 aliphatic heterocycles. The van der Waals surface area contributed by atoms with Gasteiger partial charge in [-0.2, -0.15) is 0 Å². The van der Waals surface area contributed by atoms with Gasteiger partial charge in [0, 0.05) is 21.9 Å². The Balaban J connectivity index is 1.68. The minimum Gasteiger partial charge on any atom is -0.477 e. The Hall–Kier alpha value is -2.93. The third-order valence-corrected chi connectivity index (χ3v) is 5.04. The molecular formula is C19H13BrN2O4. The van der Waals surface area contributed by atoms with E-state index >= 15 is 0 Å². The Morgan fingerprint density at radius 2 is 1.73 bits per heavy atom. The molecule has 1 aromatic heterocycles. The number of carbonyl (C=O) groups excluding carboxylic acids is 2. The summed E-state index contributed by atoms with van der Waals surface area (Å²) >= 11 is 3.39. The molecule has 0 saturated heterocycles. The summed E-state index contributed by atoms with van der Waals surface area (Å²) in [6.45, 7) is 0.117. The number of carbonyl (C=O) groups is 3. The van der Waals surface area contributed by atoms with Crippen LogP contribution in [0.4, 0.5) is 0 Å². The molecular weight excluding hydrogens is 400 g/mol. The van der Waals surface area contributed by atoms with E-state index in [1.54, 1.807) is 30.3 Å². The van der Waals surface area contributed by atoms with E-state index in [1.165, 1.54) is 4.90 Å². The lowest BCUT2D eigenvalue weighted by atomic mass is 10.1. The number of nitrogens with zero attached hydrogens (tertiary/aromatic N) is 1. The Labute approximate surface area is 156 Å². The number of H-pyrrole nitrogens is 1. The topological polar surface area (TPSA) is 90.5 Å². The number of hydrogen-bond acceptors (Lipinski definition) is 3. The van der Waals surface area contributed by atoms with Gasteiger partial charge in [-0.15, -0.1) is 0 Å². The number of hydrogen-bond donors (Lipinski definition) is 2. The summed E-state index contributed by atoms with van der Waals surface area (Å²) in [7, 11) is 0. The highest BCUT2D eigenvalue weighted by molar-refractivity contribution is 9.10. The molecule has 130 valence electrons. The Kier molecular flexibility index (Phi) is 3.88. The standard InChI is InChI=1S/C19H13BrN2O4/c20-10-5-6-15-14(9-10)11(16(21-15)19(25)26)7-8-22-17(23)12-3-1-2-4-13(12)18(22)24/h1-6,9,21H,7-8H2,(H,25,26). The van der Waals surface area contributed by atoms with Gasteiger partial charge in [0.1, 0.15) is 5.69 Å². The molecule has 6 nitrogen and oxygen atoms in total. The molecule has 26 heavy (non-hydrogen) atoms. The first-order valence-corrected chi connectivity index (χ1v) is 8.75. The molecule has 0 spiro atoms. The van der Waals surface area contributed by atoms with Gasteiger partial charge in [0.25, 0.3) is 11.8 Å². The zero-order valence-corrected chi connectivity index (χ0v) is 15.0. The molecule has 0 radical (unpaired) electrons. The van der Waals surface area contributed by atoms with Crippen LogP contribution in [0.2, 0.25) is 0 Å². The van der Waals surface area contributed by atoms with Crippen LogP contribution >= 0.6 is 15.9 Å². The minimum absolute atomic E-state index is 0.0784. The van der Waals surface area contributed by atoms with Crippen LogP contribution in [0, 0.1) is 0 Å². The molecule has 2 N–H and O–H groups in total. The van der Waals surface area contributed by atoms with Crippen LogP contribution in [0.15, 0.2) is 46.9 Å². The summed E-state index contributed by atoms with van der Waals surface area (Å²) in [5.41, 5.74) is 2.12. The molecule has 4 rings (SSSR count). The third kappa shape index (κ3) is 2.52. The summed E-state index contributed by atoms with van der Waals surface area (Å²) in [4.78, 5) is 40.6. The van der Waals surface area contributed by atoms with Gasteiger partial charge in [-0.1, -0.05) is 28.1 Å². The maximum atomic E-state index is 12.5. The van der Waals surface area contributed by atoms with Crippen LogP contribution in [-0.2, 0) is 6.42 Å². The molecule has 0 bridgehead atoms. The van der Waals surface area contributed by atoms with Gasteiger partial charge in [0.2, 0.25) is 0 Å². The highest BCUT2D eigenvalue weighted by Gasteiger charge is 2.35. The highest BCUT2D eigenvalue weighted by atomic mass is 79.9. The van der Waals surface area contributed by atoms with E-state index < -0.39 is 5.97 Å². The van der Waals surface area contributed by atoms with Gasteiger partial charge >= 0.3 is 5.97 Å². The van der Waals surface area contributed by atoms with Gasteiger partial charge in [-0.3, -0.25) is 14.5 Å². The van der Waals surface area contributed by atoms with Crippen molar-refractivity contribution in [2.75, 3.05) is 6.54 Å². The summed E-state index contributed by atoms with van der Waals surface area (Å²) in [5, 5.41) is 10.2. The highest BCUT2D eigenvalue weighted by Crippen LogP contribution is 2.28. The first-order valence-electron chi connectivity index (χ1n) is 7.96. The molecule has 7 heteroatoms. The van der Waals surface area contributed by atoms with Crippen molar-refractivity contribution < 1.29 is 19.5 Å². The largest absolute Gasteiger partial charge is 0.477 e. The second-order valence-electron chi connectivity index (χ2n) is 6.03. The number of aromatic amines is 1. The fourth-order valence-corrected chi connectivity index (χ4v) is 3.69. The van der Waals surface area contributed by atoms with Crippen molar-refractivity contribution in [3.8, 4) is 0 Å². The number of carboxylic acids is 1. The van der Waals surface area contributed by atoms with Gasteiger partial charge in [0.15, 0.2) is 0 Å². The second kappa shape index (κ2) is 6.10. The summed E-state index contributed by atoms with van der Waals surface area (Å²) in [6, 6.07) is 12.1. The van der Waals surface area contributed by atoms with E-state index in [0.29, 0.717) is 22.2 Å². The van der Waals surface area contributed by atoms with Crippen LogP contribution in [0.1, 0.15) is 36.8 Å². The zero-order valence-electron chi connectivity index (χ0n) is 13.5. The lowest BCUT2D eigenvalue weighted by Crippen LogP contribution is -2.32. The smallest absolute Gasteiger partial charge is 0.352 e. The van der Waals surface area contributed by atoms with Crippen molar-refractivity contribution >= 4 is 44.6 Å². The van der Waals surface area contributed by atoms with Crippen molar-refractivity contribution in [1.82, 2.24) is 9.88 Å². The molecule has 1 aliphatic rings. The molecule has 0 atom stereocenters. The number of nitrogens with one attached hydrogen (secondary N) is 1. The monoisotopic (exact) mass is 412 g/mol. The van der Waals surface area contributed by atoms with Crippen molar-refractivity contribution in [3.63, 3.8) is 0 Å². The fraction of sp³-hybridized carbons (Fsp3) is 0.105. The number of carboxylic acid groups (broad SMARTS) is 1. The van der Waals surface area contributed by atoms with Gasteiger partial charge in [0.05, 0.1) is 11.1 Å². The minimum atomic E-state index is -1.07. The summed E-state index contributed by atoms with van der Waals surface area (Å²) in [6.07, 6.45) is 0.254. The van der Waals surface area contributed by atoms with Crippen LogP contribution in [0.3, 0.4) is 0 Å². The van der Waals surface area contributed by atoms with Crippen molar-refractivity contribution in [2.45, 2.75) is 6.42 Å². The number of aromatic carboxylic acids is 1. The lowest BCUT2D eigenvalue weighted by Gasteiger charge is -2.13. The maximum absolute atomic E-state index is 12.5. The number of aromatic nitrogens is 1. The number of amides is 2. The molecule has 0 unspecified atom stereocenters. The fourth-order valence-electron chi connectivity index (χ4n) is 3.33. The normalized spacial score (nSPS) is 13.5. The van der Waals surface area contributed by atoms with Crippen LogP contribution in [0.5, 0.6) is 0 Å². The lowest BCUT2D eigenvalue weighted by molar-refractivity contribution is 0.0655. The Morgan fingerprint density at radius 3 is 2.35 bits per heavy atom. The van der Waals surface area contributed by atoms with E-state index in [2.05, 4.69) is 20.9 Å². The summed E-state index contributed by atoms with van der Waals surface area (Å²) < 4.78 is 0.822. The predicted octanol–water partition coefficient (Wildman–Crippen LogP) is 3.47. The van der Waals surface area contributed by atoms with E-state index in [0.717, 1.165) is 9.86 Å². The molecule has 2 heterocycles. The van der Waals surface area contributed by atoms with E-state index in [-0.39, 0.29) is 30.5 Å². The summed E-state index contributed by atoms with van der Waals surface area (Å²) in [5.74, 6) is -1.76. The molecule has 3 aromatic rings. The molecule has 2 amide bonds. The van der Waals surface area contributed by atoms with Crippen molar-refractivity contribution in [1.29, 1.82) is 0 Å². The number of imide groups is 1. The number of fused-ring (bicyclic) bond motifs is 2. The average molecular weight is 413 g/mol. The van der Waals surface area contributed by atoms with Crippen molar-refractivity contribution in [3.05, 3.63) is 69.3 Å². The van der Waals surface area contributed by atoms with E-state index in [1.807, 2.05) is 12.1 Å². The van der Waals surface area contributed by atoms with E-state index in [9.17, 15) is 19.5 Å². The molecule has 0 saturated carbocycles. The van der Waals surface area contributed by atoms with Crippen LogP contribution in [-0.4, -0.2) is 39.3 Å². The molecule has 0 fully saturated rings. The Bertz CT molecular complexity index is 1050. The van der Waals surface area contributed by atoms with E-state index in [4.69, 9.17) is 0 Å². The quantitative estimate of drug-likeness (QED) is 0.641. The van der Waals surface area contributed by atoms with Crippen LogP contribution in [0.25, 0.3) is 10.9 Å². The number of halogens is 1. The maximum Gasteiger partial charge on any atom is 0.352 e.